The predicted octanol–water partition coefficient (Wildman–Crippen LogP) is 2.08. The number of likely N-dealkylation sites (tertiary alicyclic amines) is 1. The molecule has 0 bridgehead atoms. The van der Waals surface area contributed by atoms with Gasteiger partial charge in [-0.05, 0) is 66.0 Å². The first-order valence-corrected chi connectivity index (χ1v) is 7.68. The largest absolute Gasteiger partial charge is 0.465 e. The lowest BCUT2D eigenvalue weighted by molar-refractivity contribution is 0.156. The van der Waals surface area contributed by atoms with E-state index in [4.69, 9.17) is 4.42 Å². The monoisotopic (exact) mass is 279 g/mol. The Morgan fingerprint density at radius 3 is 2.65 bits per heavy atom. The first-order valence-electron chi connectivity index (χ1n) is 7.68. The molecule has 0 aromatic carbocycles. The van der Waals surface area contributed by atoms with Crippen LogP contribution in [0.3, 0.4) is 0 Å². The average Bonchev–Trinajstić information content (AvgIpc) is 2.72. The van der Waals surface area contributed by atoms with Crippen molar-refractivity contribution in [2.45, 2.75) is 32.9 Å². The van der Waals surface area contributed by atoms with Gasteiger partial charge in [0, 0.05) is 18.7 Å². The van der Waals surface area contributed by atoms with E-state index in [1.807, 2.05) is 7.05 Å². The number of furan rings is 1. The minimum absolute atomic E-state index is 0.811. The number of rotatable bonds is 6. The molecule has 0 atom stereocenters. The summed E-state index contributed by atoms with van der Waals surface area (Å²) >= 11 is 0. The van der Waals surface area contributed by atoms with Gasteiger partial charge in [0.25, 0.3) is 0 Å². The molecule has 1 aliphatic rings. The molecule has 0 saturated carbocycles. The molecule has 0 unspecified atom stereocenters. The van der Waals surface area contributed by atoms with Crippen molar-refractivity contribution in [2.75, 3.05) is 40.8 Å². The molecule has 2 heterocycles. The Morgan fingerprint density at radius 2 is 2.05 bits per heavy atom. The summed E-state index contributed by atoms with van der Waals surface area (Å²) in [5.41, 5.74) is 1.35. The lowest BCUT2D eigenvalue weighted by atomic mass is 9.96. The number of piperidine rings is 1. The van der Waals surface area contributed by atoms with Crippen LogP contribution in [0, 0.1) is 12.8 Å². The number of nitrogens with zero attached hydrogens (tertiary/aromatic N) is 2. The summed E-state index contributed by atoms with van der Waals surface area (Å²) in [5.74, 6) is 2.99. The molecule has 4 nitrogen and oxygen atoms in total. The number of nitrogens with one attached hydrogen (secondary N) is 1. The highest BCUT2D eigenvalue weighted by molar-refractivity contribution is 5.20. The van der Waals surface area contributed by atoms with Crippen molar-refractivity contribution < 1.29 is 4.42 Å². The number of hydrogen-bond acceptors (Lipinski definition) is 4. The van der Waals surface area contributed by atoms with Crippen molar-refractivity contribution in [3.8, 4) is 0 Å². The molecule has 1 fully saturated rings. The van der Waals surface area contributed by atoms with Crippen LogP contribution in [0.2, 0.25) is 0 Å². The van der Waals surface area contributed by atoms with Crippen LogP contribution in [0.5, 0.6) is 0 Å². The van der Waals surface area contributed by atoms with Gasteiger partial charge in [-0.2, -0.15) is 0 Å². The molecular formula is C16H29N3O. The fraction of sp³-hybridized carbons (Fsp3) is 0.750. The van der Waals surface area contributed by atoms with Crippen molar-refractivity contribution in [1.29, 1.82) is 0 Å². The van der Waals surface area contributed by atoms with Gasteiger partial charge in [0.2, 0.25) is 0 Å². The van der Waals surface area contributed by atoms with E-state index in [1.165, 1.54) is 38.0 Å². The summed E-state index contributed by atoms with van der Waals surface area (Å²) in [4.78, 5) is 4.87. The Balaban J connectivity index is 1.83. The Bertz CT molecular complexity index is 406. The predicted molar refractivity (Wildman–Crippen MR) is 82.8 cm³/mol. The Kier molecular flexibility index (Phi) is 5.64. The van der Waals surface area contributed by atoms with Crippen LogP contribution >= 0.6 is 0 Å². The highest BCUT2D eigenvalue weighted by Crippen LogP contribution is 2.22. The third-order valence-corrected chi connectivity index (χ3v) is 4.15. The number of hydrogen-bond donors (Lipinski definition) is 1. The van der Waals surface area contributed by atoms with Crippen LogP contribution in [0.25, 0.3) is 0 Å². The summed E-state index contributed by atoms with van der Waals surface area (Å²) in [6.07, 6.45) is 2.64. The first-order chi connectivity index (χ1) is 9.58. The van der Waals surface area contributed by atoms with Crippen LogP contribution in [0.15, 0.2) is 10.5 Å². The van der Waals surface area contributed by atoms with Crippen LogP contribution < -0.4 is 5.32 Å². The maximum atomic E-state index is 5.77. The number of aryl methyl sites for hydroxylation is 1. The smallest absolute Gasteiger partial charge is 0.118 e. The molecule has 1 aromatic heterocycles. The third-order valence-electron chi connectivity index (χ3n) is 4.15. The Labute approximate surface area is 123 Å². The highest BCUT2D eigenvalue weighted by Gasteiger charge is 2.20. The molecule has 0 spiro atoms. The molecule has 2 rings (SSSR count). The van der Waals surface area contributed by atoms with E-state index in [-0.39, 0.29) is 0 Å². The Morgan fingerprint density at radius 1 is 1.35 bits per heavy atom. The van der Waals surface area contributed by atoms with E-state index < -0.39 is 0 Å². The van der Waals surface area contributed by atoms with Crippen LogP contribution in [-0.2, 0) is 13.1 Å². The van der Waals surface area contributed by atoms with Crippen molar-refractivity contribution >= 4 is 0 Å². The van der Waals surface area contributed by atoms with E-state index in [0.717, 1.165) is 30.5 Å². The molecule has 1 N–H and O–H groups in total. The van der Waals surface area contributed by atoms with Gasteiger partial charge in [-0.25, -0.2) is 0 Å². The molecule has 4 heteroatoms. The van der Waals surface area contributed by atoms with Crippen molar-refractivity contribution in [3.63, 3.8) is 0 Å². The van der Waals surface area contributed by atoms with Gasteiger partial charge in [-0.3, -0.25) is 4.90 Å². The zero-order valence-corrected chi connectivity index (χ0v) is 13.4. The summed E-state index contributed by atoms with van der Waals surface area (Å²) in [6, 6.07) is 2.21. The van der Waals surface area contributed by atoms with Gasteiger partial charge in [-0.15, -0.1) is 0 Å². The van der Waals surface area contributed by atoms with Crippen molar-refractivity contribution in [2.24, 2.45) is 5.92 Å². The van der Waals surface area contributed by atoms with Crippen LogP contribution in [-0.4, -0.2) is 50.6 Å². The second-order valence-electron chi connectivity index (χ2n) is 6.31. The maximum absolute atomic E-state index is 5.77. The van der Waals surface area contributed by atoms with E-state index >= 15 is 0 Å². The highest BCUT2D eigenvalue weighted by atomic mass is 16.3. The summed E-state index contributed by atoms with van der Waals surface area (Å²) < 4.78 is 5.77. The van der Waals surface area contributed by atoms with Crippen LogP contribution in [0.4, 0.5) is 0 Å². The Hall–Kier alpha value is -0.840. The second-order valence-corrected chi connectivity index (χ2v) is 6.31. The van der Waals surface area contributed by atoms with Crippen LogP contribution in [0.1, 0.15) is 29.9 Å². The SMILES string of the molecule is CNCc1cc(CN2CCC(CN(C)C)CC2)c(C)o1. The van der Waals surface area contributed by atoms with Gasteiger partial charge < -0.3 is 14.6 Å². The van der Waals surface area contributed by atoms with Gasteiger partial charge in [0.05, 0.1) is 6.54 Å². The molecule has 0 aliphatic carbocycles. The van der Waals surface area contributed by atoms with Crippen molar-refractivity contribution in [3.05, 3.63) is 23.2 Å². The molecular weight excluding hydrogens is 250 g/mol. The summed E-state index contributed by atoms with van der Waals surface area (Å²) in [7, 11) is 6.29. The van der Waals surface area contributed by atoms with Gasteiger partial charge in [0.1, 0.15) is 11.5 Å². The molecule has 0 amide bonds. The van der Waals surface area contributed by atoms with E-state index in [0.29, 0.717) is 0 Å². The molecule has 1 aliphatic heterocycles. The van der Waals surface area contributed by atoms with E-state index in [9.17, 15) is 0 Å². The third kappa shape index (κ3) is 4.33. The molecule has 1 aromatic rings. The second kappa shape index (κ2) is 7.25. The molecule has 1 saturated heterocycles. The molecule has 20 heavy (non-hydrogen) atoms. The fourth-order valence-electron chi connectivity index (χ4n) is 3.09. The van der Waals surface area contributed by atoms with E-state index in [2.05, 4.69) is 42.2 Å². The minimum atomic E-state index is 0.811. The maximum Gasteiger partial charge on any atom is 0.118 e. The standard InChI is InChI=1S/C16H29N3O/c1-13-15(9-16(20-13)10-17-2)12-19-7-5-14(6-8-19)11-18(3)4/h9,14,17H,5-8,10-12H2,1-4H3. The van der Waals surface area contributed by atoms with Crippen molar-refractivity contribution in [1.82, 2.24) is 15.1 Å². The van der Waals surface area contributed by atoms with E-state index in [1.54, 1.807) is 0 Å². The fourth-order valence-corrected chi connectivity index (χ4v) is 3.09. The summed E-state index contributed by atoms with van der Waals surface area (Å²) in [6.45, 7) is 7.58. The molecule has 0 radical (unpaired) electrons. The zero-order chi connectivity index (χ0) is 14.5. The van der Waals surface area contributed by atoms with Gasteiger partial charge >= 0.3 is 0 Å². The average molecular weight is 279 g/mol. The quantitative estimate of drug-likeness (QED) is 0.864. The van der Waals surface area contributed by atoms with Gasteiger partial charge in [-0.1, -0.05) is 0 Å². The molecule has 114 valence electrons. The lowest BCUT2D eigenvalue weighted by Crippen LogP contribution is -2.36. The summed E-state index contributed by atoms with van der Waals surface area (Å²) in [5, 5.41) is 3.14. The topological polar surface area (TPSA) is 31.6 Å². The van der Waals surface area contributed by atoms with Gasteiger partial charge in [0.15, 0.2) is 0 Å². The first kappa shape index (κ1) is 15.5. The zero-order valence-electron chi connectivity index (χ0n) is 13.4. The minimum Gasteiger partial charge on any atom is -0.465 e. The lowest BCUT2D eigenvalue weighted by Gasteiger charge is -2.33. The normalized spacial score (nSPS) is 18.1.